The number of hydrogen-bond donors (Lipinski definition) is 1. The molecule has 0 aromatic heterocycles. The Labute approximate surface area is 111 Å². The lowest BCUT2D eigenvalue weighted by molar-refractivity contribution is 0.589. The van der Waals surface area contributed by atoms with E-state index in [1.165, 1.54) is 24.2 Å². The van der Waals surface area contributed by atoms with Gasteiger partial charge in [-0.2, -0.15) is 0 Å². The summed E-state index contributed by atoms with van der Waals surface area (Å²) < 4.78 is 0. The third kappa shape index (κ3) is 3.26. The smallest absolute Gasteiger partial charge is 0.0368 e. The number of anilines is 1. The molecule has 0 saturated carbocycles. The SMILES string of the molecule is CC1CC(C)N(c2ccc(CNC(C)C)cc2)C1. The van der Waals surface area contributed by atoms with Gasteiger partial charge in [-0.1, -0.05) is 32.9 Å². The molecule has 0 bridgehead atoms. The second-order valence-corrected chi connectivity index (χ2v) is 6.04. The van der Waals surface area contributed by atoms with Gasteiger partial charge in [-0.3, -0.25) is 0 Å². The van der Waals surface area contributed by atoms with Crippen molar-refractivity contribution in [3.05, 3.63) is 29.8 Å². The number of nitrogens with one attached hydrogen (secondary N) is 1. The first-order valence-corrected chi connectivity index (χ1v) is 7.15. The van der Waals surface area contributed by atoms with Crippen LogP contribution in [-0.4, -0.2) is 18.6 Å². The Bertz CT molecular complexity index is 369. The molecule has 1 N–H and O–H groups in total. The molecular formula is C16H26N2. The third-order valence-electron chi connectivity index (χ3n) is 3.77. The lowest BCUT2D eigenvalue weighted by Crippen LogP contribution is -2.26. The van der Waals surface area contributed by atoms with Gasteiger partial charge in [0, 0.05) is 30.9 Å². The van der Waals surface area contributed by atoms with Gasteiger partial charge in [0.25, 0.3) is 0 Å². The van der Waals surface area contributed by atoms with Gasteiger partial charge in [0.05, 0.1) is 0 Å². The van der Waals surface area contributed by atoms with Crippen LogP contribution < -0.4 is 10.2 Å². The molecule has 2 atom stereocenters. The minimum Gasteiger partial charge on any atom is -0.369 e. The van der Waals surface area contributed by atoms with Gasteiger partial charge in [-0.25, -0.2) is 0 Å². The Hall–Kier alpha value is -1.02. The van der Waals surface area contributed by atoms with E-state index in [0.29, 0.717) is 12.1 Å². The predicted molar refractivity (Wildman–Crippen MR) is 79.0 cm³/mol. The number of benzene rings is 1. The summed E-state index contributed by atoms with van der Waals surface area (Å²) in [5.41, 5.74) is 2.74. The summed E-state index contributed by atoms with van der Waals surface area (Å²) in [5.74, 6) is 0.822. The van der Waals surface area contributed by atoms with Crippen molar-refractivity contribution in [3.8, 4) is 0 Å². The van der Waals surface area contributed by atoms with Crippen LogP contribution in [0, 0.1) is 5.92 Å². The molecule has 2 unspecified atom stereocenters. The molecule has 1 saturated heterocycles. The van der Waals surface area contributed by atoms with E-state index in [2.05, 4.69) is 62.2 Å². The molecule has 0 radical (unpaired) electrons. The summed E-state index contributed by atoms with van der Waals surface area (Å²) in [6.45, 7) is 11.2. The molecule has 1 heterocycles. The molecule has 0 amide bonds. The largest absolute Gasteiger partial charge is 0.369 e. The molecule has 0 aliphatic carbocycles. The van der Waals surface area contributed by atoms with Crippen molar-refractivity contribution in [1.29, 1.82) is 0 Å². The van der Waals surface area contributed by atoms with Crippen molar-refractivity contribution in [2.45, 2.75) is 52.7 Å². The number of nitrogens with zero attached hydrogens (tertiary/aromatic N) is 1. The third-order valence-corrected chi connectivity index (χ3v) is 3.77. The standard InChI is InChI=1S/C16H26N2/c1-12(2)17-10-15-5-7-16(8-6-15)18-11-13(3)9-14(18)4/h5-8,12-14,17H,9-11H2,1-4H3. The Balaban J connectivity index is 1.99. The van der Waals surface area contributed by atoms with Crippen molar-refractivity contribution in [3.63, 3.8) is 0 Å². The highest BCUT2D eigenvalue weighted by Gasteiger charge is 2.25. The molecule has 2 nitrogen and oxygen atoms in total. The Morgan fingerprint density at radius 1 is 1.22 bits per heavy atom. The van der Waals surface area contributed by atoms with Gasteiger partial charge in [0.1, 0.15) is 0 Å². The number of hydrogen-bond acceptors (Lipinski definition) is 2. The first-order valence-electron chi connectivity index (χ1n) is 7.15. The second kappa shape index (κ2) is 5.75. The minimum absolute atomic E-state index is 0.545. The average Bonchev–Trinajstić information content (AvgIpc) is 2.66. The lowest BCUT2D eigenvalue weighted by atomic mass is 10.1. The Morgan fingerprint density at radius 2 is 1.89 bits per heavy atom. The van der Waals surface area contributed by atoms with Crippen LogP contribution in [-0.2, 0) is 6.54 Å². The molecule has 1 fully saturated rings. The van der Waals surface area contributed by atoms with Crippen LogP contribution in [0.25, 0.3) is 0 Å². The summed E-state index contributed by atoms with van der Waals surface area (Å²) in [6, 6.07) is 10.3. The van der Waals surface area contributed by atoms with E-state index >= 15 is 0 Å². The molecule has 1 aromatic rings. The fourth-order valence-electron chi connectivity index (χ4n) is 2.79. The topological polar surface area (TPSA) is 15.3 Å². The van der Waals surface area contributed by atoms with Gasteiger partial charge in [0.15, 0.2) is 0 Å². The van der Waals surface area contributed by atoms with Crippen LogP contribution in [0.2, 0.25) is 0 Å². The zero-order chi connectivity index (χ0) is 13.1. The monoisotopic (exact) mass is 246 g/mol. The normalized spacial score (nSPS) is 23.9. The van der Waals surface area contributed by atoms with Crippen LogP contribution in [0.3, 0.4) is 0 Å². The number of rotatable bonds is 4. The van der Waals surface area contributed by atoms with Crippen molar-refractivity contribution < 1.29 is 0 Å². The zero-order valence-electron chi connectivity index (χ0n) is 12.1. The zero-order valence-corrected chi connectivity index (χ0v) is 12.1. The highest BCUT2D eigenvalue weighted by molar-refractivity contribution is 5.49. The summed E-state index contributed by atoms with van der Waals surface area (Å²) >= 11 is 0. The molecule has 1 aliphatic heterocycles. The molecule has 100 valence electrons. The van der Waals surface area contributed by atoms with E-state index in [4.69, 9.17) is 0 Å². The summed E-state index contributed by atoms with van der Waals surface area (Å²) in [4.78, 5) is 2.53. The molecule has 2 heteroatoms. The van der Waals surface area contributed by atoms with E-state index in [-0.39, 0.29) is 0 Å². The Kier molecular flexibility index (Phi) is 4.28. The van der Waals surface area contributed by atoms with Gasteiger partial charge >= 0.3 is 0 Å². The predicted octanol–water partition coefficient (Wildman–Crippen LogP) is 3.42. The molecule has 1 aliphatic rings. The van der Waals surface area contributed by atoms with Crippen LogP contribution in [0.4, 0.5) is 5.69 Å². The van der Waals surface area contributed by atoms with Gasteiger partial charge in [0.2, 0.25) is 0 Å². The van der Waals surface area contributed by atoms with Crippen molar-refractivity contribution >= 4 is 5.69 Å². The van der Waals surface area contributed by atoms with Crippen molar-refractivity contribution in [2.24, 2.45) is 5.92 Å². The fourth-order valence-corrected chi connectivity index (χ4v) is 2.79. The van der Waals surface area contributed by atoms with Crippen LogP contribution >= 0.6 is 0 Å². The van der Waals surface area contributed by atoms with Crippen LogP contribution in [0.1, 0.15) is 39.7 Å². The van der Waals surface area contributed by atoms with E-state index in [1.807, 2.05) is 0 Å². The van der Waals surface area contributed by atoms with Gasteiger partial charge < -0.3 is 10.2 Å². The first-order chi connectivity index (χ1) is 8.56. The summed E-state index contributed by atoms with van der Waals surface area (Å²) in [5, 5.41) is 3.45. The highest BCUT2D eigenvalue weighted by atomic mass is 15.2. The van der Waals surface area contributed by atoms with Gasteiger partial charge in [-0.05, 0) is 37.0 Å². The molecule has 1 aromatic carbocycles. The van der Waals surface area contributed by atoms with Crippen LogP contribution in [0.5, 0.6) is 0 Å². The quantitative estimate of drug-likeness (QED) is 0.875. The van der Waals surface area contributed by atoms with Crippen molar-refractivity contribution in [2.75, 3.05) is 11.4 Å². The van der Waals surface area contributed by atoms with Crippen molar-refractivity contribution in [1.82, 2.24) is 5.32 Å². The minimum atomic E-state index is 0.545. The first kappa shape index (κ1) is 13.4. The van der Waals surface area contributed by atoms with E-state index in [9.17, 15) is 0 Å². The maximum atomic E-state index is 3.45. The highest BCUT2D eigenvalue weighted by Crippen LogP contribution is 2.28. The van der Waals surface area contributed by atoms with Crippen LogP contribution in [0.15, 0.2) is 24.3 Å². The lowest BCUT2D eigenvalue weighted by Gasteiger charge is -2.24. The maximum absolute atomic E-state index is 3.45. The van der Waals surface area contributed by atoms with E-state index in [0.717, 1.165) is 12.5 Å². The maximum Gasteiger partial charge on any atom is 0.0368 e. The molecule has 0 spiro atoms. The summed E-state index contributed by atoms with van der Waals surface area (Å²) in [6.07, 6.45) is 1.32. The molecular weight excluding hydrogens is 220 g/mol. The molecule has 18 heavy (non-hydrogen) atoms. The Morgan fingerprint density at radius 3 is 2.39 bits per heavy atom. The fraction of sp³-hybridized carbons (Fsp3) is 0.625. The average molecular weight is 246 g/mol. The van der Waals surface area contributed by atoms with Gasteiger partial charge in [-0.15, -0.1) is 0 Å². The second-order valence-electron chi connectivity index (χ2n) is 6.04. The molecule has 2 rings (SSSR count). The van der Waals surface area contributed by atoms with E-state index in [1.54, 1.807) is 0 Å². The summed E-state index contributed by atoms with van der Waals surface area (Å²) in [7, 11) is 0. The van der Waals surface area contributed by atoms with E-state index < -0.39 is 0 Å².